The Bertz CT molecular complexity index is 375. The van der Waals surface area contributed by atoms with Crippen LogP contribution in [0.15, 0.2) is 30.4 Å². The molecule has 0 unspecified atom stereocenters. The largest absolute Gasteiger partial charge is 0.497 e. The van der Waals surface area contributed by atoms with E-state index in [0.29, 0.717) is 6.61 Å². The molecular formula is C15H23NO2. The molecule has 0 spiro atoms. The fourth-order valence-electron chi connectivity index (χ4n) is 1.58. The molecule has 0 saturated heterocycles. The second kappa shape index (κ2) is 8.59. The van der Waals surface area contributed by atoms with Gasteiger partial charge in [0, 0.05) is 18.2 Å². The number of hydrogen-bond acceptors (Lipinski definition) is 3. The summed E-state index contributed by atoms with van der Waals surface area (Å²) in [7, 11) is 1.67. The van der Waals surface area contributed by atoms with Gasteiger partial charge >= 0.3 is 0 Å². The molecule has 100 valence electrons. The van der Waals surface area contributed by atoms with Gasteiger partial charge in [-0.3, -0.25) is 0 Å². The molecule has 0 aliphatic heterocycles. The Morgan fingerprint density at radius 3 is 2.83 bits per heavy atom. The van der Waals surface area contributed by atoms with Gasteiger partial charge in [0.1, 0.15) is 18.1 Å². The fourth-order valence-corrected chi connectivity index (χ4v) is 1.58. The van der Waals surface area contributed by atoms with Crippen molar-refractivity contribution in [2.24, 2.45) is 0 Å². The van der Waals surface area contributed by atoms with Crippen LogP contribution in [0.1, 0.15) is 25.8 Å². The minimum Gasteiger partial charge on any atom is -0.497 e. The normalized spacial score (nSPS) is 10.8. The Balaban J connectivity index is 2.72. The van der Waals surface area contributed by atoms with Gasteiger partial charge in [-0.1, -0.05) is 25.1 Å². The molecule has 0 atom stereocenters. The first-order valence-corrected chi connectivity index (χ1v) is 6.43. The molecule has 0 aliphatic carbocycles. The molecule has 18 heavy (non-hydrogen) atoms. The van der Waals surface area contributed by atoms with Crippen molar-refractivity contribution in [2.45, 2.75) is 26.8 Å². The van der Waals surface area contributed by atoms with E-state index in [1.165, 1.54) is 0 Å². The molecule has 1 aromatic carbocycles. The number of rotatable bonds is 8. The van der Waals surface area contributed by atoms with Gasteiger partial charge in [0.05, 0.1) is 7.11 Å². The molecule has 0 fully saturated rings. The van der Waals surface area contributed by atoms with Crippen LogP contribution in [0, 0.1) is 0 Å². The number of hydrogen-bond donors (Lipinski definition) is 1. The third kappa shape index (κ3) is 4.80. The van der Waals surface area contributed by atoms with Gasteiger partial charge in [-0.2, -0.15) is 0 Å². The number of benzene rings is 1. The highest BCUT2D eigenvalue weighted by Gasteiger charge is 2.05. The van der Waals surface area contributed by atoms with Crippen LogP contribution in [0.5, 0.6) is 11.5 Å². The van der Waals surface area contributed by atoms with E-state index in [-0.39, 0.29) is 0 Å². The van der Waals surface area contributed by atoms with Crippen molar-refractivity contribution in [1.82, 2.24) is 5.32 Å². The second-order valence-electron chi connectivity index (χ2n) is 4.03. The SMILES string of the molecule is C/C=C/COc1cc(OC)ccc1CNCCC. The fraction of sp³-hybridized carbons (Fsp3) is 0.467. The molecule has 0 aliphatic rings. The van der Waals surface area contributed by atoms with E-state index in [4.69, 9.17) is 9.47 Å². The van der Waals surface area contributed by atoms with Crippen molar-refractivity contribution in [3.05, 3.63) is 35.9 Å². The summed E-state index contributed by atoms with van der Waals surface area (Å²) >= 11 is 0. The molecule has 0 radical (unpaired) electrons. The minimum absolute atomic E-state index is 0.588. The van der Waals surface area contributed by atoms with Crippen LogP contribution in [-0.4, -0.2) is 20.3 Å². The van der Waals surface area contributed by atoms with Gasteiger partial charge in [0.25, 0.3) is 0 Å². The summed E-state index contributed by atoms with van der Waals surface area (Å²) in [5, 5.41) is 3.38. The lowest BCUT2D eigenvalue weighted by atomic mass is 10.2. The predicted octanol–water partition coefficient (Wildman–Crippen LogP) is 3.15. The Morgan fingerprint density at radius 1 is 1.33 bits per heavy atom. The molecule has 0 saturated carbocycles. The highest BCUT2D eigenvalue weighted by atomic mass is 16.5. The van der Waals surface area contributed by atoms with Gasteiger partial charge in [-0.25, -0.2) is 0 Å². The average Bonchev–Trinajstić information content (AvgIpc) is 2.40. The predicted molar refractivity (Wildman–Crippen MR) is 75.3 cm³/mol. The van der Waals surface area contributed by atoms with Crippen LogP contribution in [-0.2, 0) is 6.54 Å². The molecule has 3 nitrogen and oxygen atoms in total. The Labute approximate surface area is 110 Å². The van der Waals surface area contributed by atoms with Crippen molar-refractivity contribution >= 4 is 0 Å². The van der Waals surface area contributed by atoms with Crippen LogP contribution < -0.4 is 14.8 Å². The summed E-state index contributed by atoms with van der Waals surface area (Å²) in [6, 6.07) is 5.95. The molecule has 1 N–H and O–H groups in total. The van der Waals surface area contributed by atoms with E-state index in [0.717, 1.165) is 36.6 Å². The van der Waals surface area contributed by atoms with Gasteiger partial charge in [-0.05, 0) is 26.0 Å². The monoisotopic (exact) mass is 249 g/mol. The number of ether oxygens (including phenoxy) is 2. The first kappa shape index (κ1) is 14.6. The minimum atomic E-state index is 0.588. The topological polar surface area (TPSA) is 30.5 Å². The highest BCUT2D eigenvalue weighted by molar-refractivity contribution is 5.40. The highest BCUT2D eigenvalue weighted by Crippen LogP contribution is 2.24. The third-order valence-corrected chi connectivity index (χ3v) is 2.59. The molecule has 1 aromatic rings. The second-order valence-corrected chi connectivity index (χ2v) is 4.03. The summed E-state index contributed by atoms with van der Waals surface area (Å²) in [5.74, 6) is 1.71. The third-order valence-electron chi connectivity index (χ3n) is 2.59. The Morgan fingerprint density at radius 2 is 2.17 bits per heavy atom. The lowest BCUT2D eigenvalue weighted by Gasteiger charge is -2.12. The summed E-state index contributed by atoms with van der Waals surface area (Å²) in [6.07, 6.45) is 5.10. The van der Waals surface area contributed by atoms with Crippen LogP contribution >= 0.6 is 0 Å². The van der Waals surface area contributed by atoms with Gasteiger partial charge in [0.15, 0.2) is 0 Å². The summed E-state index contributed by atoms with van der Waals surface area (Å²) in [4.78, 5) is 0. The molecule has 0 bridgehead atoms. The zero-order chi connectivity index (χ0) is 13.2. The van der Waals surface area contributed by atoms with Crippen molar-refractivity contribution in [3.8, 4) is 11.5 Å². The zero-order valence-electron chi connectivity index (χ0n) is 11.5. The maximum absolute atomic E-state index is 5.74. The van der Waals surface area contributed by atoms with Crippen LogP contribution in [0.25, 0.3) is 0 Å². The first-order valence-electron chi connectivity index (χ1n) is 6.43. The van der Waals surface area contributed by atoms with Gasteiger partial charge in [-0.15, -0.1) is 0 Å². The number of allylic oxidation sites excluding steroid dienone is 1. The van der Waals surface area contributed by atoms with Gasteiger partial charge < -0.3 is 14.8 Å². The van der Waals surface area contributed by atoms with Crippen molar-refractivity contribution < 1.29 is 9.47 Å². The lowest BCUT2D eigenvalue weighted by Crippen LogP contribution is -2.14. The maximum Gasteiger partial charge on any atom is 0.127 e. The first-order chi connectivity index (χ1) is 8.81. The standard InChI is InChI=1S/C15H23NO2/c1-4-6-10-18-15-11-14(17-3)8-7-13(15)12-16-9-5-2/h4,6-8,11,16H,5,9-10,12H2,1-3H3/b6-4+. The van der Waals surface area contributed by atoms with E-state index in [9.17, 15) is 0 Å². The smallest absolute Gasteiger partial charge is 0.127 e. The molecule has 0 heterocycles. The van der Waals surface area contributed by atoms with E-state index >= 15 is 0 Å². The number of methoxy groups -OCH3 is 1. The van der Waals surface area contributed by atoms with Gasteiger partial charge in [0.2, 0.25) is 0 Å². The molecule has 3 heteroatoms. The molecule has 0 aromatic heterocycles. The van der Waals surface area contributed by atoms with Crippen molar-refractivity contribution in [2.75, 3.05) is 20.3 Å². The Kier molecular flexibility index (Phi) is 6.96. The van der Waals surface area contributed by atoms with Crippen LogP contribution in [0.2, 0.25) is 0 Å². The molecular weight excluding hydrogens is 226 g/mol. The van der Waals surface area contributed by atoms with E-state index < -0.39 is 0 Å². The van der Waals surface area contributed by atoms with E-state index in [2.05, 4.69) is 12.2 Å². The summed E-state index contributed by atoms with van der Waals surface area (Å²) in [6.45, 7) is 6.57. The molecule has 0 amide bonds. The maximum atomic E-state index is 5.74. The summed E-state index contributed by atoms with van der Waals surface area (Å²) in [5.41, 5.74) is 1.16. The molecule has 1 rings (SSSR count). The quantitative estimate of drug-likeness (QED) is 0.567. The van der Waals surface area contributed by atoms with Crippen LogP contribution in [0.4, 0.5) is 0 Å². The summed E-state index contributed by atoms with van der Waals surface area (Å²) < 4.78 is 11.0. The zero-order valence-corrected chi connectivity index (χ0v) is 11.5. The van der Waals surface area contributed by atoms with E-state index in [1.807, 2.05) is 37.3 Å². The Hall–Kier alpha value is -1.48. The van der Waals surface area contributed by atoms with Crippen molar-refractivity contribution in [3.63, 3.8) is 0 Å². The van der Waals surface area contributed by atoms with Crippen molar-refractivity contribution in [1.29, 1.82) is 0 Å². The van der Waals surface area contributed by atoms with Crippen LogP contribution in [0.3, 0.4) is 0 Å². The lowest BCUT2D eigenvalue weighted by molar-refractivity contribution is 0.351. The average molecular weight is 249 g/mol. The van der Waals surface area contributed by atoms with E-state index in [1.54, 1.807) is 7.11 Å². The number of nitrogens with one attached hydrogen (secondary N) is 1.